The van der Waals surface area contributed by atoms with Crippen molar-refractivity contribution in [1.82, 2.24) is 0 Å². The minimum Gasteiger partial charge on any atom is -0.480 e. The Morgan fingerprint density at radius 3 is 2.61 bits per heavy atom. The second-order valence-electron chi connectivity index (χ2n) is 4.19. The van der Waals surface area contributed by atoms with Gasteiger partial charge in [-0.15, -0.1) is 0 Å². The maximum absolute atomic E-state index is 13.0. The molecule has 18 heavy (non-hydrogen) atoms. The van der Waals surface area contributed by atoms with Crippen molar-refractivity contribution in [2.45, 2.75) is 12.8 Å². The van der Waals surface area contributed by atoms with Crippen LogP contribution in [0.1, 0.15) is 12.8 Å². The van der Waals surface area contributed by atoms with Crippen LogP contribution in [-0.2, 0) is 9.59 Å². The first-order valence-corrected chi connectivity index (χ1v) is 5.85. The lowest BCUT2D eigenvalue weighted by atomic mass is 10.2. The molecule has 0 unspecified atom stereocenters. The first-order valence-electron chi connectivity index (χ1n) is 5.47. The van der Waals surface area contributed by atoms with E-state index in [9.17, 15) is 14.0 Å². The fourth-order valence-corrected chi connectivity index (χ4v) is 1.81. The molecule has 2 rings (SSSR count). The van der Waals surface area contributed by atoms with Crippen molar-refractivity contribution in [3.63, 3.8) is 0 Å². The number of benzene rings is 1. The van der Waals surface area contributed by atoms with Crippen molar-refractivity contribution >= 4 is 29.2 Å². The maximum atomic E-state index is 13.0. The molecule has 1 saturated carbocycles. The van der Waals surface area contributed by atoms with Gasteiger partial charge in [-0.25, -0.2) is 4.39 Å². The summed E-state index contributed by atoms with van der Waals surface area (Å²) in [6.45, 7) is -0.447. The Kier molecular flexibility index (Phi) is 3.52. The Labute approximate surface area is 108 Å². The number of carboxylic acid groups (broad SMARTS) is 1. The zero-order valence-electron chi connectivity index (χ0n) is 9.40. The fraction of sp³-hybridized carbons (Fsp3) is 0.333. The Bertz CT molecular complexity index is 502. The van der Waals surface area contributed by atoms with Crippen LogP contribution >= 0.6 is 11.6 Å². The summed E-state index contributed by atoms with van der Waals surface area (Å²) in [7, 11) is 0. The number of halogens is 2. The van der Waals surface area contributed by atoms with Crippen molar-refractivity contribution in [3.8, 4) is 0 Å². The predicted molar refractivity (Wildman–Crippen MR) is 64.1 cm³/mol. The number of carbonyl (C=O) groups excluding carboxylic acids is 1. The SMILES string of the molecule is O=C(O)CN(C(=O)C1CC1)c1ccc(F)c(Cl)c1. The van der Waals surface area contributed by atoms with Crippen LogP contribution in [0.5, 0.6) is 0 Å². The largest absolute Gasteiger partial charge is 0.480 e. The van der Waals surface area contributed by atoms with E-state index < -0.39 is 18.3 Å². The molecule has 0 saturated heterocycles. The second kappa shape index (κ2) is 4.94. The van der Waals surface area contributed by atoms with Crippen molar-refractivity contribution < 1.29 is 19.1 Å². The molecule has 1 fully saturated rings. The lowest BCUT2D eigenvalue weighted by Crippen LogP contribution is -2.36. The third kappa shape index (κ3) is 2.79. The highest BCUT2D eigenvalue weighted by Crippen LogP contribution is 2.33. The number of hydrogen-bond donors (Lipinski definition) is 1. The summed E-state index contributed by atoms with van der Waals surface area (Å²) in [5.74, 6) is -2.09. The van der Waals surface area contributed by atoms with E-state index in [4.69, 9.17) is 16.7 Å². The Balaban J connectivity index is 2.29. The van der Waals surface area contributed by atoms with Crippen LogP contribution in [0.3, 0.4) is 0 Å². The van der Waals surface area contributed by atoms with Crippen LogP contribution in [-0.4, -0.2) is 23.5 Å². The second-order valence-corrected chi connectivity index (χ2v) is 4.60. The Morgan fingerprint density at radius 1 is 1.44 bits per heavy atom. The summed E-state index contributed by atoms with van der Waals surface area (Å²) < 4.78 is 13.0. The van der Waals surface area contributed by atoms with Crippen LogP contribution in [0, 0.1) is 11.7 Å². The number of anilines is 1. The molecule has 0 aromatic heterocycles. The number of nitrogens with zero attached hydrogens (tertiary/aromatic N) is 1. The van der Waals surface area contributed by atoms with E-state index in [1.165, 1.54) is 12.1 Å². The third-order valence-corrected chi connectivity index (χ3v) is 2.99. The molecule has 96 valence electrons. The van der Waals surface area contributed by atoms with Crippen LogP contribution in [0.2, 0.25) is 5.02 Å². The predicted octanol–water partition coefficient (Wildman–Crippen LogP) is 2.31. The standard InChI is InChI=1S/C12H11ClFNO3/c13-9-5-8(3-4-10(9)14)15(6-11(16)17)12(18)7-1-2-7/h3-5,7H,1-2,6H2,(H,16,17). The molecule has 1 aromatic carbocycles. The fourth-order valence-electron chi connectivity index (χ4n) is 1.64. The summed E-state index contributed by atoms with van der Waals surface area (Å²) in [4.78, 5) is 23.9. The van der Waals surface area contributed by atoms with E-state index in [1.54, 1.807) is 0 Å². The summed E-state index contributed by atoms with van der Waals surface area (Å²) in [6.07, 6.45) is 1.54. The first kappa shape index (κ1) is 12.8. The highest BCUT2D eigenvalue weighted by molar-refractivity contribution is 6.31. The zero-order valence-corrected chi connectivity index (χ0v) is 10.2. The van der Waals surface area contributed by atoms with Crippen LogP contribution in [0.4, 0.5) is 10.1 Å². The van der Waals surface area contributed by atoms with Crippen LogP contribution in [0.15, 0.2) is 18.2 Å². The molecular weight excluding hydrogens is 261 g/mol. The van der Waals surface area contributed by atoms with Gasteiger partial charge in [0, 0.05) is 11.6 Å². The highest BCUT2D eigenvalue weighted by Gasteiger charge is 2.35. The van der Waals surface area contributed by atoms with Crippen molar-refractivity contribution in [2.75, 3.05) is 11.4 Å². The molecule has 0 radical (unpaired) electrons. The summed E-state index contributed by atoms with van der Waals surface area (Å²) in [6, 6.07) is 3.73. The van der Waals surface area contributed by atoms with Gasteiger partial charge in [0.15, 0.2) is 0 Å². The van der Waals surface area contributed by atoms with Gasteiger partial charge in [-0.05, 0) is 31.0 Å². The minimum absolute atomic E-state index is 0.117. The van der Waals surface area contributed by atoms with Gasteiger partial charge in [0.25, 0.3) is 0 Å². The van der Waals surface area contributed by atoms with Gasteiger partial charge in [0.05, 0.1) is 5.02 Å². The first-order chi connectivity index (χ1) is 8.49. The molecule has 0 heterocycles. The third-order valence-electron chi connectivity index (χ3n) is 2.70. The average Bonchev–Trinajstić information content (AvgIpc) is 3.12. The van der Waals surface area contributed by atoms with E-state index in [-0.39, 0.29) is 16.8 Å². The molecular formula is C12H11ClFNO3. The number of carboxylic acids is 1. The average molecular weight is 272 g/mol. The molecule has 1 N–H and O–H groups in total. The normalized spacial score (nSPS) is 14.3. The lowest BCUT2D eigenvalue weighted by molar-refractivity contribution is -0.136. The monoisotopic (exact) mass is 271 g/mol. The number of carbonyl (C=O) groups is 2. The van der Waals surface area contributed by atoms with Gasteiger partial charge in [-0.1, -0.05) is 11.6 Å². The zero-order chi connectivity index (χ0) is 13.3. The van der Waals surface area contributed by atoms with Gasteiger partial charge in [0.2, 0.25) is 5.91 Å². The number of aliphatic carboxylic acids is 1. The molecule has 1 aromatic rings. The van der Waals surface area contributed by atoms with Crippen LogP contribution < -0.4 is 4.90 Å². The summed E-state index contributed by atoms with van der Waals surface area (Å²) in [5, 5.41) is 8.69. The van der Waals surface area contributed by atoms with Gasteiger partial charge in [-0.3, -0.25) is 9.59 Å². The van der Waals surface area contributed by atoms with E-state index in [0.29, 0.717) is 5.69 Å². The number of hydrogen-bond acceptors (Lipinski definition) is 2. The van der Waals surface area contributed by atoms with Gasteiger partial charge < -0.3 is 10.0 Å². The molecule has 0 bridgehead atoms. The van der Waals surface area contributed by atoms with Crippen molar-refractivity contribution in [1.29, 1.82) is 0 Å². The van der Waals surface area contributed by atoms with E-state index in [1.807, 2.05) is 0 Å². The van der Waals surface area contributed by atoms with E-state index >= 15 is 0 Å². The maximum Gasteiger partial charge on any atom is 0.323 e. The molecule has 1 aliphatic rings. The number of rotatable bonds is 4. The molecule has 0 spiro atoms. The summed E-state index contributed by atoms with van der Waals surface area (Å²) in [5.41, 5.74) is 0.306. The topological polar surface area (TPSA) is 57.6 Å². The molecule has 1 amide bonds. The highest BCUT2D eigenvalue weighted by atomic mass is 35.5. The lowest BCUT2D eigenvalue weighted by Gasteiger charge is -2.21. The van der Waals surface area contributed by atoms with Crippen molar-refractivity contribution in [3.05, 3.63) is 29.0 Å². The van der Waals surface area contributed by atoms with E-state index in [0.717, 1.165) is 23.8 Å². The Morgan fingerprint density at radius 2 is 2.11 bits per heavy atom. The molecule has 0 aliphatic heterocycles. The quantitative estimate of drug-likeness (QED) is 0.914. The van der Waals surface area contributed by atoms with Crippen LogP contribution in [0.25, 0.3) is 0 Å². The molecule has 1 aliphatic carbocycles. The Hall–Kier alpha value is -1.62. The van der Waals surface area contributed by atoms with Gasteiger partial charge in [0.1, 0.15) is 12.4 Å². The summed E-state index contributed by atoms with van der Waals surface area (Å²) >= 11 is 5.63. The van der Waals surface area contributed by atoms with Gasteiger partial charge in [-0.2, -0.15) is 0 Å². The smallest absolute Gasteiger partial charge is 0.323 e. The molecule has 6 heteroatoms. The van der Waals surface area contributed by atoms with Crippen molar-refractivity contribution in [2.24, 2.45) is 5.92 Å². The minimum atomic E-state index is -1.12. The van der Waals surface area contributed by atoms with Gasteiger partial charge >= 0.3 is 5.97 Å². The molecule has 0 atom stereocenters. The van der Waals surface area contributed by atoms with E-state index in [2.05, 4.69) is 0 Å². The number of amides is 1. The molecule has 4 nitrogen and oxygen atoms in total.